The third kappa shape index (κ3) is 52.9. The maximum Gasteiger partial charge on any atom is 0.306 e. The van der Waals surface area contributed by atoms with Crippen molar-refractivity contribution >= 4 is 11.9 Å². The Morgan fingerprint density at radius 1 is 0.348 bits per heavy atom. The molecule has 0 bridgehead atoms. The average Bonchev–Trinajstić information content (AvgIpc) is 3.32. The minimum absolute atomic E-state index is 0.0460. The highest BCUT2D eigenvalue weighted by Gasteiger charge is 2.17. The lowest BCUT2D eigenvalue weighted by Gasteiger charge is -2.18. The molecule has 0 radical (unpaired) electrons. The molecule has 0 saturated heterocycles. The van der Waals surface area contributed by atoms with Crippen LogP contribution >= 0.6 is 0 Å². The van der Waals surface area contributed by atoms with Crippen LogP contribution in [0.2, 0.25) is 0 Å². The van der Waals surface area contributed by atoms with Gasteiger partial charge in [-0.15, -0.1) is 0 Å². The average molecular weight is 913 g/mol. The lowest BCUT2D eigenvalue weighted by molar-refractivity contribution is -0.163. The van der Waals surface area contributed by atoms with Gasteiger partial charge in [0.15, 0.2) is 6.10 Å². The summed E-state index contributed by atoms with van der Waals surface area (Å²) in [4.78, 5) is 25.4. The molecule has 0 aromatic rings. The van der Waals surface area contributed by atoms with Crippen molar-refractivity contribution in [3.8, 4) is 0 Å². The molecule has 0 aliphatic rings. The molecule has 0 amide bonds. The second kappa shape index (κ2) is 55.6. The molecule has 0 aliphatic carbocycles. The summed E-state index contributed by atoms with van der Waals surface area (Å²) >= 11 is 0. The van der Waals surface area contributed by atoms with Gasteiger partial charge in [0, 0.05) is 19.4 Å². The molecule has 0 spiro atoms. The van der Waals surface area contributed by atoms with Crippen molar-refractivity contribution in [3.05, 3.63) is 122 Å². The maximum atomic E-state index is 12.8. The van der Waals surface area contributed by atoms with Crippen LogP contribution in [0, 0.1) is 0 Å². The first-order chi connectivity index (χ1) is 32.6. The molecule has 0 aromatic carbocycles. The van der Waals surface area contributed by atoms with Gasteiger partial charge in [0.2, 0.25) is 0 Å². The van der Waals surface area contributed by atoms with Crippen molar-refractivity contribution in [2.45, 2.75) is 232 Å². The lowest BCUT2D eigenvalue weighted by atomic mass is 10.1. The number of allylic oxidation sites excluding steroid dienone is 20. The lowest BCUT2D eigenvalue weighted by Crippen LogP contribution is -2.30. The maximum absolute atomic E-state index is 12.8. The fraction of sp³-hybridized carbons (Fsp3) is 0.639. The van der Waals surface area contributed by atoms with Crippen LogP contribution in [0.15, 0.2) is 122 Å². The number of carbonyl (C=O) groups is 2. The quantitative estimate of drug-likeness (QED) is 0.0346. The van der Waals surface area contributed by atoms with Crippen molar-refractivity contribution < 1.29 is 23.8 Å². The first kappa shape index (κ1) is 62.3. The first-order valence-electron chi connectivity index (χ1n) is 27.1. The van der Waals surface area contributed by atoms with Crippen LogP contribution in [-0.4, -0.2) is 37.9 Å². The minimum Gasteiger partial charge on any atom is -0.462 e. The largest absolute Gasteiger partial charge is 0.462 e. The Bertz CT molecular complexity index is 1350. The van der Waals surface area contributed by atoms with Gasteiger partial charge < -0.3 is 14.2 Å². The molecule has 0 aromatic heterocycles. The molecule has 0 saturated carbocycles. The number of ether oxygens (including phenoxy) is 3. The summed E-state index contributed by atoms with van der Waals surface area (Å²) in [6.07, 6.45) is 77.8. The molecule has 5 nitrogen and oxygen atoms in total. The molecule has 1 atom stereocenters. The molecule has 0 aliphatic heterocycles. The van der Waals surface area contributed by atoms with E-state index in [2.05, 4.69) is 142 Å². The fourth-order valence-electron chi connectivity index (χ4n) is 6.99. The zero-order chi connectivity index (χ0) is 47.7. The Balaban J connectivity index is 4.41. The fourth-order valence-corrected chi connectivity index (χ4v) is 6.99. The van der Waals surface area contributed by atoms with Crippen LogP contribution < -0.4 is 0 Å². The SMILES string of the molecule is CC/C=C\C/C=C\C/C=C\C/C=C\CCCCCCC(=O)OCC(COCCCCCCCCCC/C=C\C/C=C\CCCCC)OC(=O)CCCC/C=C\C/C=C\C/C=C\C/C=C\CC. The van der Waals surface area contributed by atoms with Gasteiger partial charge in [-0.05, 0) is 128 Å². The zero-order valence-corrected chi connectivity index (χ0v) is 42.9. The van der Waals surface area contributed by atoms with Gasteiger partial charge >= 0.3 is 11.9 Å². The molecule has 1 unspecified atom stereocenters. The first-order valence-corrected chi connectivity index (χ1v) is 27.1. The molecule has 5 heteroatoms. The number of hydrogen-bond acceptors (Lipinski definition) is 5. The number of rotatable bonds is 48. The number of hydrogen-bond donors (Lipinski definition) is 0. The van der Waals surface area contributed by atoms with Crippen LogP contribution in [0.5, 0.6) is 0 Å². The normalized spacial score (nSPS) is 13.2. The molecular weight excluding hydrogens is 813 g/mol. The van der Waals surface area contributed by atoms with Gasteiger partial charge in [0.1, 0.15) is 6.61 Å². The van der Waals surface area contributed by atoms with Crippen LogP contribution in [-0.2, 0) is 23.8 Å². The van der Waals surface area contributed by atoms with E-state index in [0.29, 0.717) is 19.4 Å². The topological polar surface area (TPSA) is 61.8 Å². The van der Waals surface area contributed by atoms with Crippen LogP contribution in [0.3, 0.4) is 0 Å². The van der Waals surface area contributed by atoms with E-state index < -0.39 is 6.10 Å². The number of carbonyl (C=O) groups excluding carboxylic acids is 2. The number of unbranched alkanes of at least 4 members (excludes halogenated alkanes) is 17. The van der Waals surface area contributed by atoms with Gasteiger partial charge in [-0.1, -0.05) is 206 Å². The standard InChI is InChI=1S/C61H100O5/c1-4-7-10-13-16-19-22-25-28-30-32-35-38-41-44-47-50-53-56-64-57-59(66-61(63)55-52-49-46-43-40-37-33-27-24-21-18-15-12-9-6-3)58-65-60(62)54-51-48-45-42-39-36-34-31-29-26-23-20-17-14-11-8-5-2/h8-9,11-12,16-21,25-29,33-34,36,40,43,59H,4-7,10,13-15,22-24,30-32,35,37-39,41-42,44-58H2,1-3H3/b11-8-,12-9-,19-16-,20-17-,21-18-,28-25-,29-26-,33-27-,36-34-,43-40-. The van der Waals surface area contributed by atoms with E-state index in [9.17, 15) is 9.59 Å². The highest BCUT2D eigenvalue weighted by molar-refractivity contribution is 5.70. The van der Waals surface area contributed by atoms with E-state index in [4.69, 9.17) is 14.2 Å². The Labute approximate surface area is 407 Å². The van der Waals surface area contributed by atoms with Crippen LogP contribution in [0.1, 0.15) is 226 Å². The highest BCUT2D eigenvalue weighted by atomic mass is 16.6. The predicted octanol–water partition coefficient (Wildman–Crippen LogP) is 18.6. The van der Waals surface area contributed by atoms with Crippen molar-refractivity contribution in [3.63, 3.8) is 0 Å². The molecule has 0 heterocycles. The van der Waals surface area contributed by atoms with Gasteiger partial charge in [0.25, 0.3) is 0 Å². The van der Waals surface area contributed by atoms with Gasteiger partial charge in [-0.25, -0.2) is 0 Å². The van der Waals surface area contributed by atoms with Crippen molar-refractivity contribution in [1.82, 2.24) is 0 Å². The summed E-state index contributed by atoms with van der Waals surface area (Å²) < 4.78 is 17.4. The third-order valence-electron chi connectivity index (χ3n) is 11.0. The molecule has 374 valence electrons. The Hall–Kier alpha value is -3.70. The van der Waals surface area contributed by atoms with E-state index in [1.165, 1.54) is 70.6 Å². The smallest absolute Gasteiger partial charge is 0.306 e. The minimum atomic E-state index is -0.580. The van der Waals surface area contributed by atoms with Crippen LogP contribution in [0.25, 0.3) is 0 Å². The van der Waals surface area contributed by atoms with Crippen LogP contribution in [0.4, 0.5) is 0 Å². The van der Waals surface area contributed by atoms with E-state index >= 15 is 0 Å². The second-order valence-electron chi connectivity index (χ2n) is 17.4. The summed E-state index contributed by atoms with van der Waals surface area (Å²) in [6.45, 7) is 7.48. The van der Waals surface area contributed by atoms with E-state index in [1.54, 1.807) is 0 Å². The molecule has 66 heavy (non-hydrogen) atoms. The van der Waals surface area contributed by atoms with E-state index in [-0.39, 0.29) is 25.2 Å². The highest BCUT2D eigenvalue weighted by Crippen LogP contribution is 2.12. The monoisotopic (exact) mass is 913 g/mol. The molecule has 0 N–H and O–H groups in total. The van der Waals surface area contributed by atoms with E-state index in [1.807, 2.05) is 0 Å². The van der Waals surface area contributed by atoms with Crippen molar-refractivity contribution in [1.29, 1.82) is 0 Å². The summed E-state index contributed by atoms with van der Waals surface area (Å²) in [5, 5.41) is 0. The summed E-state index contributed by atoms with van der Waals surface area (Å²) in [5.41, 5.74) is 0. The number of esters is 2. The summed E-state index contributed by atoms with van der Waals surface area (Å²) in [5.74, 6) is -0.482. The molecular formula is C61H100O5. The Morgan fingerprint density at radius 2 is 0.682 bits per heavy atom. The van der Waals surface area contributed by atoms with Crippen molar-refractivity contribution in [2.24, 2.45) is 0 Å². The summed E-state index contributed by atoms with van der Waals surface area (Å²) in [6, 6.07) is 0. The molecule has 0 rings (SSSR count). The second-order valence-corrected chi connectivity index (χ2v) is 17.4. The Kier molecular flexibility index (Phi) is 52.5. The molecule has 0 fully saturated rings. The third-order valence-corrected chi connectivity index (χ3v) is 11.0. The Morgan fingerprint density at radius 3 is 1.12 bits per heavy atom. The zero-order valence-electron chi connectivity index (χ0n) is 42.9. The van der Waals surface area contributed by atoms with E-state index in [0.717, 1.165) is 122 Å². The van der Waals surface area contributed by atoms with Gasteiger partial charge in [0.05, 0.1) is 6.61 Å². The predicted molar refractivity (Wildman–Crippen MR) is 288 cm³/mol. The van der Waals surface area contributed by atoms with Gasteiger partial charge in [-0.3, -0.25) is 9.59 Å². The summed E-state index contributed by atoms with van der Waals surface area (Å²) in [7, 11) is 0. The van der Waals surface area contributed by atoms with Crippen molar-refractivity contribution in [2.75, 3.05) is 19.8 Å². The van der Waals surface area contributed by atoms with Gasteiger partial charge in [-0.2, -0.15) is 0 Å².